The van der Waals surface area contributed by atoms with Crippen LogP contribution < -0.4 is 0 Å². The molecule has 0 bridgehead atoms. The lowest BCUT2D eigenvalue weighted by molar-refractivity contribution is 0.0653. The van der Waals surface area contributed by atoms with E-state index in [4.69, 9.17) is 9.52 Å². The molecule has 1 aromatic heterocycles. The Labute approximate surface area is 138 Å². The van der Waals surface area contributed by atoms with Crippen molar-refractivity contribution < 1.29 is 22.7 Å². The number of carbonyl (C=O) groups is 1. The molecule has 0 saturated carbocycles. The molecule has 0 radical (unpaired) electrons. The molecule has 3 aromatic rings. The average Bonchev–Trinajstić information content (AvgIpc) is 3.04. The molecule has 0 aliphatic rings. The maximum absolute atomic E-state index is 11.9. The van der Waals surface area contributed by atoms with Gasteiger partial charge in [-0.25, -0.2) is 18.2 Å². The van der Waals surface area contributed by atoms with Gasteiger partial charge < -0.3 is 9.52 Å². The maximum Gasteiger partial charge on any atom is 0.392 e. The smallest absolute Gasteiger partial charge is 0.392 e. The van der Waals surface area contributed by atoms with Crippen LogP contribution in [0, 0.1) is 0 Å². The third-order valence-electron chi connectivity index (χ3n) is 3.47. The normalized spacial score (nSPS) is 11.4. The van der Waals surface area contributed by atoms with Crippen molar-refractivity contribution in [1.82, 2.24) is 4.98 Å². The monoisotopic (exact) mass is 343 g/mol. The number of carboxylic acid groups (broad SMARTS) is 1. The van der Waals surface area contributed by atoms with Crippen LogP contribution in [0.1, 0.15) is 10.7 Å². The molecule has 6 nitrogen and oxygen atoms in total. The van der Waals surface area contributed by atoms with Crippen molar-refractivity contribution >= 4 is 15.8 Å². The first-order chi connectivity index (χ1) is 11.4. The van der Waals surface area contributed by atoms with Crippen LogP contribution in [0.2, 0.25) is 0 Å². The Balaban J connectivity index is 2.00. The van der Waals surface area contributed by atoms with Crippen LogP contribution in [-0.4, -0.2) is 30.7 Å². The fourth-order valence-corrected chi connectivity index (χ4v) is 3.26. The summed E-state index contributed by atoms with van der Waals surface area (Å²) in [5.41, 5.74) is 2.42. The van der Waals surface area contributed by atoms with E-state index in [0.717, 1.165) is 5.56 Å². The van der Waals surface area contributed by atoms with E-state index in [1.54, 1.807) is 48.5 Å². The number of aromatic nitrogens is 1. The zero-order chi connectivity index (χ0) is 17.3. The number of benzene rings is 2. The minimum absolute atomic E-state index is 0.257. The number of sulfone groups is 1. The third kappa shape index (κ3) is 3.07. The maximum atomic E-state index is 11.9. The minimum atomic E-state index is -3.34. The number of nitrogens with zero attached hydrogens (tertiary/aromatic N) is 1. The summed E-state index contributed by atoms with van der Waals surface area (Å²) in [6, 6.07) is 13.7. The van der Waals surface area contributed by atoms with E-state index in [1.807, 2.05) is 0 Å². The molecular weight excluding hydrogens is 330 g/mol. The molecule has 1 heterocycles. The molecule has 122 valence electrons. The van der Waals surface area contributed by atoms with E-state index in [2.05, 4.69) is 4.98 Å². The fourth-order valence-electron chi connectivity index (χ4n) is 2.35. The highest BCUT2D eigenvalue weighted by Crippen LogP contribution is 2.29. The van der Waals surface area contributed by atoms with Crippen molar-refractivity contribution in [2.45, 2.75) is 4.90 Å². The van der Waals surface area contributed by atoms with E-state index in [0.29, 0.717) is 16.8 Å². The second-order valence-electron chi connectivity index (χ2n) is 5.19. The zero-order valence-corrected chi connectivity index (χ0v) is 13.4. The topological polar surface area (TPSA) is 97.5 Å². The van der Waals surface area contributed by atoms with Crippen LogP contribution in [0.5, 0.6) is 0 Å². The van der Waals surface area contributed by atoms with Crippen molar-refractivity contribution in [3.8, 4) is 22.4 Å². The summed E-state index contributed by atoms with van der Waals surface area (Å²) in [4.78, 5) is 14.9. The van der Waals surface area contributed by atoms with Crippen LogP contribution in [0.25, 0.3) is 22.4 Å². The quantitative estimate of drug-likeness (QED) is 0.782. The minimum Gasteiger partial charge on any atom is -0.474 e. The summed E-state index contributed by atoms with van der Waals surface area (Å²) in [6.07, 6.45) is 2.44. The van der Waals surface area contributed by atoms with Crippen molar-refractivity contribution in [3.63, 3.8) is 0 Å². The summed E-state index contributed by atoms with van der Waals surface area (Å²) >= 11 is 0. The Kier molecular flexibility index (Phi) is 3.94. The van der Waals surface area contributed by atoms with Crippen LogP contribution in [0.3, 0.4) is 0 Å². The molecule has 0 spiro atoms. The van der Waals surface area contributed by atoms with Crippen LogP contribution in [-0.2, 0) is 9.84 Å². The predicted molar refractivity (Wildman–Crippen MR) is 87.4 cm³/mol. The largest absolute Gasteiger partial charge is 0.474 e. The second kappa shape index (κ2) is 5.93. The van der Waals surface area contributed by atoms with Gasteiger partial charge in [-0.1, -0.05) is 42.5 Å². The molecule has 0 aliphatic heterocycles. The standard InChI is InChI=1S/C17H13NO5S/c1-24(21,22)15-5-3-2-4-13(15)11-6-8-12(9-7-11)14-10-23-16(18-14)17(19)20/h2-10H,1H3,(H,19,20). The molecule has 24 heavy (non-hydrogen) atoms. The summed E-state index contributed by atoms with van der Waals surface area (Å²) in [6.45, 7) is 0. The fraction of sp³-hybridized carbons (Fsp3) is 0.0588. The highest BCUT2D eigenvalue weighted by atomic mass is 32.2. The lowest BCUT2D eigenvalue weighted by atomic mass is 10.0. The van der Waals surface area contributed by atoms with Gasteiger partial charge in [-0.2, -0.15) is 0 Å². The van der Waals surface area contributed by atoms with Crippen LogP contribution in [0.15, 0.2) is 64.1 Å². The Hall–Kier alpha value is -2.93. The van der Waals surface area contributed by atoms with Crippen molar-refractivity contribution in [2.75, 3.05) is 6.26 Å². The molecular formula is C17H13NO5S. The highest BCUT2D eigenvalue weighted by molar-refractivity contribution is 7.90. The first-order valence-electron chi connectivity index (χ1n) is 6.95. The number of carboxylic acids is 1. The molecule has 0 atom stereocenters. The molecule has 1 N–H and O–H groups in total. The highest BCUT2D eigenvalue weighted by Gasteiger charge is 2.15. The number of aromatic carboxylic acids is 1. The van der Waals surface area contributed by atoms with Gasteiger partial charge in [0.05, 0.1) is 4.90 Å². The van der Waals surface area contributed by atoms with E-state index < -0.39 is 15.8 Å². The molecule has 7 heteroatoms. The van der Waals surface area contributed by atoms with Gasteiger partial charge in [-0.15, -0.1) is 0 Å². The van der Waals surface area contributed by atoms with E-state index in [-0.39, 0.29) is 10.8 Å². The van der Waals surface area contributed by atoms with Gasteiger partial charge in [-0.3, -0.25) is 0 Å². The number of rotatable bonds is 4. The molecule has 0 fully saturated rings. The van der Waals surface area contributed by atoms with E-state index >= 15 is 0 Å². The molecule has 3 rings (SSSR count). The molecule has 0 saturated heterocycles. The van der Waals surface area contributed by atoms with Crippen LogP contribution >= 0.6 is 0 Å². The Morgan fingerprint density at radius 2 is 1.67 bits per heavy atom. The predicted octanol–water partition coefficient (Wildman–Crippen LogP) is 3.11. The first kappa shape index (κ1) is 15.9. The Morgan fingerprint density at radius 3 is 2.25 bits per heavy atom. The Morgan fingerprint density at radius 1 is 1.04 bits per heavy atom. The van der Waals surface area contributed by atoms with Gasteiger partial charge in [0, 0.05) is 17.4 Å². The first-order valence-corrected chi connectivity index (χ1v) is 8.84. The zero-order valence-electron chi connectivity index (χ0n) is 12.6. The van der Waals surface area contributed by atoms with Crippen molar-refractivity contribution in [1.29, 1.82) is 0 Å². The van der Waals surface area contributed by atoms with Gasteiger partial charge in [0.1, 0.15) is 12.0 Å². The van der Waals surface area contributed by atoms with Gasteiger partial charge in [0.15, 0.2) is 9.84 Å². The van der Waals surface area contributed by atoms with E-state index in [1.165, 1.54) is 12.5 Å². The van der Waals surface area contributed by atoms with Gasteiger partial charge in [0.2, 0.25) is 0 Å². The molecule has 2 aromatic carbocycles. The second-order valence-corrected chi connectivity index (χ2v) is 7.17. The van der Waals surface area contributed by atoms with Gasteiger partial charge >= 0.3 is 11.9 Å². The summed E-state index contributed by atoms with van der Waals surface area (Å²) in [7, 11) is -3.34. The van der Waals surface area contributed by atoms with Gasteiger partial charge in [0.25, 0.3) is 0 Å². The molecule has 0 amide bonds. The molecule has 0 aliphatic carbocycles. The van der Waals surface area contributed by atoms with Crippen molar-refractivity contribution in [2.24, 2.45) is 0 Å². The third-order valence-corrected chi connectivity index (χ3v) is 4.62. The average molecular weight is 343 g/mol. The summed E-state index contributed by atoms with van der Waals surface area (Å²) < 4.78 is 28.7. The van der Waals surface area contributed by atoms with Gasteiger partial charge in [-0.05, 0) is 11.6 Å². The lowest BCUT2D eigenvalue weighted by Gasteiger charge is -2.08. The Bertz CT molecular complexity index is 1000. The molecule has 0 unspecified atom stereocenters. The van der Waals surface area contributed by atoms with Crippen LogP contribution in [0.4, 0.5) is 0 Å². The number of hydrogen-bond acceptors (Lipinski definition) is 5. The van der Waals surface area contributed by atoms with E-state index in [9.17, 15) is 13.2 Å². The number of hydrogen-bond donors (Lipinski definition) is 1. The summed E-state index contributed by atoms with van der Waals surface area (Å²) in [5.74, 6) is -1.61. The summed E-state index contributed by atoms with van der Waals surface area (Å²) in [5, 5.41) is 8.83. The number of oxazole rings is 1. The van der Waals surface area contributed by atoms with Crippen molar-refractivity contribution in [3.05, 3.63) is 60.7 Å². The SMILES string of the molecule is CS(=O)(=O)c1ccccc1-c1ccc(-c2coc(C(=O)O)n2)cc1. The lowest BCUT2D eigenvalue weighted by Crippen LogP contribution is -1.99.